The van der Waals surface area contributed by atoms with Gasteiger partial charge < -0.3 is 4.74 Å². The average Bonchev–Trinajstić information content (AvgIpc) is 2.79. The smallest absolute Gasteiger partial charge is 0.204 e. The van der Waals surface area contributed by atoms with E-state index >= 15 is 0 Å². The number of nitrogens with zero attached hydrogens (tertiary/aromatic N) is 3. The standard InChI is InChI=1S/C14H23N3O2/c1-16(2)14(8-6-5-7-9-14)13(18)12-11(19-4)10-15-17(12)3/h10H,5-9H2,1-4H3. The van der Waals surface area contributed by atoms with Crippen LogP contribution in [0.1, 0.15) is 42.6 Å². The van der Waals surface area contributed by atoms with Crippen LogP contribution in [-0.4, -0.2) is 47.2 Å². The lowest BCUT2D eigenvalue weighted by Gasteiger charge is -2.41. The van der Waals surface area contributed by atoms with Crippen molar-refractivity contribution in [3.63, 3.8) is 0 Å². The highest BCUT2D eigenvalue weighted by Gasteiger charge is 2.44. The maximum absolute atomic E-state index is 13.0. The molecule has 0 aromatic carbocycles. The number of rotatable bonds is 4. The summed E-state index contributed by atoms with van der Waals surface area (Å²) in [5.74, 6) is 0.702. The molecular weight excluding hydrogens is 242 g/mol. The molecule has 1 heterocycles. The van der Waals surface area contributed by atoms with Crippen LogP contribution in [0, 0.1) is 0 Å². The van der Waals surface area contributed by atoms with Gasteiger partial charge >= 0.3 is 0 Å². The van der Waals surface area contributed by atoms with E-state index in [9.17, 15) is 4.79 Å². The first kappa shape index (κ1) is 14.1. The molecule has 1 saturated carbocycles. The van der Waals surface area contributed by atoms with E-state index in [-0.39, 0.29) is 5.78 Å². The number of hydrogen-bond donors (Lipinski definition) is 0. The van der Waals surface area contributed by atoms with Gasteiger partial charge in [-0.2, -0.15) is 5.10 Å². The molecule has 0 spiro atoms. The summed E-state index contributed by atoms with van der Waals surface area (Å²) in [7, 11) is 7.36. The van der Waals surface area contributed by atoms with Crippen molar-refractivity contribution in [2.75, 3.05) is 21.2 Å². The minimum Gasteiger partial charge on any atom is -0.493 e. The molecular formula is C14H23N3O2. The first-order valence-electron chi connectivity index (χ1n) is 6.81. The van der Waals surface area contributed by atoms with E-state index in [1.54, 1.807) is 25.0 Å². The molecule has 5 heteroatoms. The zero-order valence-electron chi connectivity index (χ0n) is 12.3. The summed E-state index contributed by atoms with van der Waals surface area (Å²) >= 11 is 0. The number of hydrogen-bond acceptors (Lipinski definition) is 4. The highest BCUT2D eigenvalue weighted by atomic mass is 16.5. The van der Waals surface area contributed by atoms with E-state index < -0.39 is 5.54 Å². The van der Waals surface area contributed by atoms with Gasteiger partial charge in [-0.15, -0.1) is 0 Å². The number of Topliss-reactive ketones (excluding diaryl/α,β-unsaturated/α-hetero) is 1. The Hall–Kier alpha value is -1.36. The zero-order valence-corrected chi connectivity index (χ0v) is 12.3. The number of ketones is 1. The van der Waals surface area contributed by atoms with Gasteiger partial charge in [0, 0.05) is 7.05 Å². The van der Waals surface area contributed by atoms with Crippen molar-refractivity contribution in [3.05, 3.63) is 11.9 Å². The van der Waals surface area contributed by atoms with Crippen LogP contribution in [0.2, 0.25) is 0 Å². The van der Waals surface area contributed by atoms with Gasteiger partial charge in [0.1, 0.15) is 5.69 Å². The van der Waals surface area contributed by atoms with Crippen molar-refractivity contribution in [2.45, 2.75) is 37.6 Å². The summed E-state index contributed by atoms with van der Waals surface area (Å²) in [6.07, 6.45) is 6.85. The molecule has 1 aromatic heterocycles. The van der Waals surface area contributed by atoms with Gasteiger partial charge in [0.15, 0.2) is 5.75 Å². The average molecular weight is 265 g/mol. The van der Waals surface area contributed by atoms with E-state index in [4.69, 9.17) is 4.74 Å². The van der Waals surface area contributed by atoms with Crippen LogP contribution in [0.4, 0.5) is 0 Å². The number of carbonyl (C=O) groups excluding carboxylic acids is 1. The fraction of sp³-hybridized carbons (Fsp3) is 0.714. The van der Waals surface area contributed by atoms with Crippen LogP contribution >= 0.6 is 0 Å². The van der Waals surface area contributed by atoms with Gasteiger partial charge in [-0.05, 0) is 26.9 Å². The second-order valence-electron chi connectivity index (χ2n) is 5.50. The Bertz CT molecular complexity index is 459. The lowest BCUT2D eigenvalue weighted by atomic mass is 9.76. The first-order valence-corrected chi connectivity index (χ1v) is 6.81. The second-order valence-corrected chi connectivity index (χ2v) is 5.50. The van der Waals surface area contributed by atoms with Crippen molar-refractivity contribution in [3.8, 4) is 5.75 Å². The highest BCUT2D eigenvalue weighted by Crippen LogP contribution is 2.36. The number of aryl methyl sites for hydroxylation is 1. The second kappa shape index (κ2) is 5.33. The summed E-state index contributed by atoms with van der Waals surface area (Å²) in [6, 6.07) is 0. The van der Waals surface area contributed by atoms with Gasteiger partial charge in [0.05, 0.1) is 18.8 Å². The van der Waals surface area contributed by atoms with Crippen molar-refractivity contribution in [1.82, 2.24) is 14.7 Å². The van der Waals surface area contributed by atoms with Crippen LogP contribution in [0.15, 0.2) is 6.20 Å². The normalized spacial score (nSPS) is 18.6. The monoisotopic (exact) mass is 265 g/mol. The number of carbonyl (C=O) groups is 1. The molecule has 0 N–H and O–H groups in total. The Morgan fingerprint density at radius 3 is 2.53 bits per heavy atom. The first-order chi connectivity index (χ1) is 9.03. The molecule has 2 rings (SSSR count). The van der Waals surface area contributed by atoms with Crippen LogP contribution in [0.25, 0.3) is 0 Å². The Balaban J connectivity index is 2.42. The van der Waals surface area contributed by atoms with E-state index in [2.05, 4.69) is 10.00 Å². The molecule has 0 atom stereocenters. The SMILES string of the molecule is COc1cnn(C)c1C(=O)C1(N(C)C)CCCCC1. The van der Waals surface area contributed by atoms with E-state index in [0.717, 1.165) is 25.7 Å². The molecule has 0 radical (unpaired) electrons. The largest absolute Gasteiger partial charge is 0.493 e. The maximum atomic E-state index is 13.0. The topological polar surface area (TPSA) is 47.4 Å². The Labute approximate surface area is 114 Å². The van der Waals surface area contributed by atoms with Gasteiger partial charge in [0.2, 0.25) is 5.78 Å². The van der Waals surface area contributed by atoms with E-state index in [0.29, 0.717) is 11.4 Å². The van der Waals surface area contributed by atoms with E-state index in [1.165, 1.54) is 6.42 Å². The molecule has 1 aliphatic carbocycles. The molecule has 1 fully saturated rings. The third-order valence-corrected chi connectivity index (χ3v) is 4.30. The molecule has 0 saturated heterocycles. The fourth-order valence-corrected chi connectivity index (χ4v) is 3.06. The Morgan fingerprint density at radius 2 is 2.00 bits per heavy atom. The number of aromatic nitrogens is 2. The van der Waals surface area contributed by atoms with Crippen LogP contribution in [0.3, 0.4) is 0 Å². The maximum Gasteiger partial charge on any atom is 0.204 e. The number of likely N-dealkylation sites (N-methyl/N-ethyl adjacent to an activating group) is 1. The van der Waals surface area contributed by atoms with Crippen molar-refractivity contribution in [2.24, 2.45) is 7.05 Å². The van der Waals surface area contributed by atoms with E-state index in [1.807, 2.05) is 14.1 Å². The minimum atomic E-state index is -0.403. The molecule has 0 aliphatic heterocycles. The third-order valence-electron chi connectivity index (χ3n) is 4.30. The van der Waals surface area contributed by atoms with Crippen LogP contribution in [-0.2, 0) is 7.05 Å². The number of ether oxygens (including phenoxy) is 1. The molecule has 19 heavy (non-hydrogen) atoms. The van der Waals surface area contributed by atoms with Crippen molar-refractivity contribution < 1.29 is 9.53 Å². The fourth-order valence-electron chi connectivity index (χ4n) is 3.06. The predicted molar refractivity (Wildman–Crippen MR) is 73.6 cm³/mol. The van der Waals surface area contributed by atoms with Gasteiger partial charge in [-0.3, -0.25) is 14.4 Å². The summed E-state index contributed by atoms with van der Waals surface area (Å²) < 4.78 is 6.91. The summed E-state index contributed by atoms with van der Waals surface area (Å²) in [6.45, 7) is 0. The van der Waals surface area contributed by atoms with Crippen LogP contribution in [0.5, 0.6) is 5.75 Å². The predicted octanol–water partition coefficient (Wildman–Crippen LogP) is 1.88. The summed E-state index contributed by atoms with van der Waals surface area (Å²) in [4.78, 5) is 15.1. The summed E-state index contributed by atoms with van der Waals surface area (Å²) in [5, 5.41) is 4.15. The Kier molecular flexibility index (Phi) is 3.94. The van der Waals surface area contributed by atoms with Gasteiger partial charge in [-0.1, -0.05) is 19.3 Å². The molecule has 5 nitrogen and oxygen atoms in total. The Morgan fingerprint density at radius 1 is 1.37 bits per heavy atom. The highest BCUT2D eigenvalue weighted by molar-refractivity contribution is 6.04. The zero-order chi connectivity index (χ0) is 14.0. The lowest BCUT2D eigenvalue weighted by Crippen LogP contribution is -2.52. The molecule has 0 bridgehead atoms. The molecule has 0 unspecified atom stereocenters. The minimum absolute atomic E-state index is 0.133. The molecule has 0 amide bonds. The van der Waals surface area contributed by atoms with Crippen molar-refractivity contribution >= 4 is 5.78 Å². The quantitative estimate of drug-likeness (QED) is 0.780. The van der Waals surface area contributed by atoms with Gasteiger partial charge in [0.25, 0.3) is 0 Å². The number of methoxy groups -OCH3 is 1. The lowest BCUT2D eigenvalue weighted by molar-refractivity contribution is 0.0550. The molecule has 1 aromatic rings. The van der Waals surface area contributed by atoms with Gasteiger partial charge in [-0.25, -0.2) is 0 Å². The third kappa shape index (κ3) is 2.27. The van der Waals surface area contributed by atoms with Crippen molar-refractivity contribution in [1.29, 1.82) is 0 Å². The summed E-state index contributed by atoms with van der Waals surface area (Å²) in [5.41, 5.74) is 0.178. The molecule has 106 valence electrons. The van der Waals surface area contributed by atoms with Crippen LogP contribution < -0.4 is 4.74 Å². The molecule has 1 aliphatic rings.